The number of carbonyl (C=O) groups is 1. The highest BCUT2D eigenvalue weighted by Crippen LogP contribution is 2.36. The topological polar surface area (TPSA) is 49.0 Å². The van der Waals surface area contributed by atoms with E-state index in [0.29, 0.717) is 12.1 Å². The van der Waals surface area contributed by atoms with Crippen molar-refractivity contribution < 1.29 is 4.79 Å². The molecule has 1 aliphatic heterocycles. The number of aryl methyl sites for hydroxylation is 1. The van der Waals surface area contributed by atoms with Crippen LogP contribution in [0.2, 0.25) is 0 Å². The molecule has 0 saturated carbocycles. The Balaban J connectivity index is 1.83. The number of para-hydroxylation sites is 1. The zero-order valence-corrected chi connectivity index (χ0v) is 13.4. The van der Waals surface area contributed by atoms with Crippen LogP contribution >= 0.6 is 0 Å². The second-order valence-electron chi connectivity index (χ2n) is 6.09. The summed E-state index contributed by atoms with van der Waals surface area (Å²) < 4.78 is 2.06. The first-order valence-electron chi connectivity index (χ1n) is 8.04. The molecule has 1 aliphatic rings. The predicted octanol–water partition coefficient (Wildman–Crippen LogP) is 3.44. The lowest BCUT2D eigenvalue weighted by Gasteiger charge is -2.32. The number of benzene rings is 2. The number of rotatable bonds is 1. The lowest BCUT2D eigenvalue weighted by Crippen LogP contribution is -2.40. The zero-order valence-electron chi connectivity index (χ0n) is 13.4. The Hall–Kier alpha value is -3.06. The Morgan fingerprint density at radius 3 is 2.58 bits per heavy atom. The van der Waals surface area contributed by atoms with Gasteiger partial charge < -0.3 is 9.47 Å². The van der Waals surface area contributed by atoms with E-state index in [1.807, 2.05) is 37.4 Å². The third-order valence-electron chi connectivity index (χ3n) is 4.84. The number of nitrogens with zero attached hydrogens (tertiary/aromatic N) is 3. The van der Waals surface area contributed by atoms with Crippen LogP contribution in [0.5, 0.6) is 0 Å². The van der Waals surface area contributed by atoms with Gasteiger partial charge >= 0.3 is 0 Å². The van der Waals surface area contributed by atoms with Gasteiger partial charge in [0.2, 0.25) is 0 Å². The van der Waals surface area contributed by atoms with Crippen LogP contribution in [0.4, 0.5) is 0 Å². The average molecular weight is 315 g/mol. The van der Waals surface area contributed by atoms with E-state index in [0.717, 1.165) is 17.6 Å². The zero-order chi connectivity index (χ0) is 16.7. The van der Waals surface area contributed by atoms with Crippen molar-refractivity contribution in [3.63, 3.8) is 0 Å². The molecule has 0 saturated heterocycles. The Morgan fingerprint density at radius 2 is 1.83 bits per heavy atom. The lowest BCUT2D eigenvalue weighted by atomic mass is 9.97. The van der Waals surface area contributed by atoms with E-state index in [9.17, 15) is 10.1 Å². The summed E-state index contributed by atoms with van der Waals surface area (Å²) in [6, 6.07) is 19.1. The van der Waals surface area contributed by atoms with Gasteiger partial charge in [0.05, 0.1) is 11.8 Å². The molecule has 1 aromatic heterocycles. The highest BCUT2D eigenvalue weighted by molar-refractivity contribution is 5.95. The monoisotopic (exact) mass is 315 g/mol. The van der Waals surface area contributed by atoms with E-state index in [-0.39, 0.29) is 5.91 Å². The minimum atomic E-state index is -0.557. The number of hydrogen-bond acceptors (Lipinski definition) is 2. The van der Waals surface area contributed by atoms with Crippen LogP contribution in [-0.2, 0) is 13.5 Å². The first-order chi connectivity index (χ1) is 11.7. The summed E-state index contributed by atoms with van der Waals surface area (Å²) in [5.41, 5.74) is 3.86. The first-order valence-corrected chi connectivity index (χ1v) is 8.04. The van der Waals surface area contributed by atoms with E-state index in [2.05, 4.69) is 22.8 Å². The van der Waals surface area contributed by atoms with Crippen molar-refractivity contribution in [3.8, 4) is 6.07 Å². The summed E-state index contributed by atoms with van der Waals surface area (Å²) in [7, 11) is 1.97. The summed E-state index contributed by atoms with van der Waals surface area (Å²) in [6.45, 7) is 0.562. The third-order valence-corrected chi connectivity index (χ3v) is 4.84. The SMILES string of the molecule is Cn1c2c(c3ccccc31)CCN(C(=O)c1ccccc1)C2C#N. The number of nitriles is 1. The molecule has 2 heterocycles. The molecular formula is C20H17N3O. The number of hydrogen-bond donors (Lipinski definition) is 0. The second kappa shape index (κ2) is 5.54. The fourth-order valence-corrected chi connectivity index (χ4v) is 3.71. The largest absolute Gasteiger partial charge is 0.345 e. The average Bonchev–Trinajstić information content (AvgIpc) is 2.94. The van der Waals surface area contributed by atoms with E-state index >= 15 is 0 Å². The van der Waals surface area contributed by atoms with Crippen molar-refractivity contribution in [1.82, 2.24) is 9.47 Å². The van der Waals surface area contributed by atoms with Crippen molar-refractivity contribution in [1.29, 1.82) is 5.26 Å². The van der Waals surface area contributed by atoms with Gasteiger partial charge in [0.25, 0.3) is 5.91 Å². The summed E-state index contributed by atoms with van der Waals surface area (Å²) in [6.07, 6.45) is 0.771. The van der Waals surface area contributed by atoms with Gasteiger partial charge in [-0.2, -0.15) is 5.26 Å². The highest BCUT2D eigenvalue weighted by Gasteiger charge is 2.35. The van der Waals surface area contributed by atoms with E-state index < -0.39 is 6.04 Å². The van der Waals surface area contributed by atoms with Crippen molar-refractivity contribution in [3.05, 3.63) is 71.4 Å². The number of aromatic nitrogens is 1. The molecule has 118 valence electrons. The van der Waals surface area contributed by atoms with Crippen LogP contribution in [0.25, 0.3) is 10.9 Å². The van der Waals surface area contributed by atoms with Crippen LogP contribution in [-0.4, -0.2) is 21.9 Å². The molecule has 4 nitrogen and oxygen atoms in total. The molecule has 1 amide bonds. The molecule has 2 aromatic carbocycles. The predicted molar refractivity (Wildman–Crippen MR) is 92.5 cm³/mol. The van der Waals surface area contributed by atoms with E-state index in [1.54, 1.807) is 17.0 Å². The molecule has 24 heavy (non-hydrogen) atoms. The normalized spacial score (nSPS) is 16.7. The first kappa shape index (κ1) is 14.5. The second-order valence-corrected chi connectivity index (χ2v) is 6.09. The molecule has 1 atom stereocenters. The molecule has 0 aliphatic carbocycles. The van der Waals surface area contributed by atoms with E-state index in [4.69, 9.17) is 0 Å². The smallest absolute Gasteiger partial charge is 0.255 e. The maximum Gasteiger partial charge on any atom is 0.255 e. The molecule has 4 heteroatoms. The standard InChI is InChI=1S/C20H17N3O/c1-22-17-10-6-5-9-15(17)16-11-12-23(18(13-21)19(16)22)20(24)14-7-3-2-4-8-14/h2-10,18H,11-12H2,1H3. The summed E-state index contributed by atoms with van der Waals surface area (Å²) in [4.78, 5) is 14.6. The van der Waals surface area contributed by atoms with Crippen LogP contribution in [0, 0.1) is 11.3 Å². The lowest BCUT2D eigenvalue weighted by molar-refractivity contribution is 0.0701. The van der Waals surface area contributed by atoms with Crippen molar-refractivity contribution in [2.45, 2.75) is 12.5 Å². The molecular weight excluding hydrogens is 298 g/mol. The van der Waals surface area contributed by atoms with Gasteiger partial charge in [0.1, 0.15) is 0 Å². The minimum Gasteiger partial charge on any atom is -0.345 e. The van der Waals surface area contributed by atoms with E-state index in [1.165, 1.54) is 10.9 Å². The molecule has 0 N–H and O–H groups in total. The van der Waals surface area contributed by atoms with Crippen LogP contribution in [0.3, 0.4) is 0 Å². The number of fused-ring (bicyclic) bond motifs is 3. The molecule has 1 unspecified atom stereocenters. The van der Waals surface area contributed by atoms with Gasteiger partial charge in [-0.25, -0.2) is 0 Å². The Morgan fingerprint density at radius 1 is 1.12 bits per heavy atom. The van der Waals surface area contributed by atoms with Gasteiger partial charge in [-0.3, -0.25) is 4.79 Å². The maximum absolute atomic E-state index is 12.9. The van der Waals surface area contributed by atoms with Crippen LogP contribution in [0.15, 0.2) is 54.6 Å². The van der Waals surface area contributed by atoms with Gasteiger partial charge in [0.15, 0.2) is 6.04 Å². The summed E-state index contributed by atoms with van der Waals surface area (Å²) in [5.74, 6) is -0.0851. The number of amides is 1. The van der Waals surface area contributed by atoms with Gasteiger partial charge in [-0.05, 0) is 30.2 Å². The highest BCUT2D eigenvalue weighted by atomic mass is 16.2. The molecule has 0 fully saturated rings. The molecule has 0 spiro atoms. The van der Waals surface area contributed by atoms with Gasteiger partial charge in [-0.15, -0.1) is 0 Å². The summed E-state index contributed by atoms with van der Waals surface area (Å²) >= 11 is 0. The summed E-state index contributed by atoms with van der Waals surface area (Å²) in [5, 5.41) is 11.0. The Bertz CT molecular complexity index is 966. The van der Waals surface area contributed by atoms with Crippen molar-refractivity contribution in [2.24, 2.45) is 7.05 Å². The molecule has 3 aromatic rings. The molecule has 0 radical (unpaired) electrons. The van der Waals surface area contributed by atoms with Crippen molar-refractivity contribution in [2.75, 3.05) is 6.54 Å². The fourth-order valence-electron chi connectivity index (χ4n) is 3.71. The molecule has 0 bridgehead atoms. The maximum atomic E-state index is 12.9. The minimum absolute atomic E-state index is 0.0851. The Labute approximate surface area is 140 Å². The van der Waals surface area contributed by atoms with Crippen LogP contribution in [0.1, 0.15) is 27.7 Å². The van der Waals surface area contributed by atoms with Crippen LogP contribution < -0.4 is 0 Å². The van der Waals surface area contributed by atoms with Crippen molar-refractivity contribution >= 4 is 16.8 Å². The fraction of sp³-hybridized carbons (Fsp3) is 0.200. The number of carbonyl (C=O) groups excluding carboxylic acids is 1. The quantitative estimate of drug-likeness (QED) is 0.690. The van der Waals surface area contributed by atoms with Gasteiger partial charge in [-0.1, -0.05) is 36.4 Å². The third kappa shape index (κ3) is 2.02. The van der Waals surface area contributed by atoms with Gasteiger partial charge in [0, 0.05) is 30.1 Å². The molecule has 4 rings (SSSR count). The Kier molecular flexibility index (Phi) is 3.35.